The van der Waals surface area contributed by atoms with Crippen LogP contribution in [0.5, 0.6) is 0 Å². The van der Waals surface area contributed by atoms with Gasteiger partial charge in [-0.3, -0.25) is 4.68 Å². The van der Waals surface area contributed by atoms with Crippen molar-refractivity contribution in [2.24, 2.45) is 11.8 Å². The Hall–Kier alpha value is -1.67. The van der Waals surface area contributed by atoms with Gasteiger partial charge < -0.3 is 4.74 Å². The summed E-state index contributed by atoms with van der Waals surface area (Å²) in [4.78, 5) is 12.1. The Bertz CT molecular complexity index is 646. The smallest absolute Gasteiger partial charge is 0.420 e. The summed E-state index contributed by atoms with van der Waals surface area (Å²) in [7, 11) is 0. The number of nitrogens with zero attached hydrogens (tertiary/aromatic N) is 2. The average Bonchev–Trinajstić information content (AvgIpc) is 3.21. The van der Waals surface area contributed by atoms with Crippen LogP contribution in [-0.4, -0.2) is 28.8 Å². The zero-order valence-corrected chi connectivity index (χ0v) is 13.7. The van der Waals surface area contributed by atoms with E-state index in [0.29, 0.717) is 12.8 Å². The van der Waals surface area contributed by atoms with Gasteiger partial charge in [0.1, 0.15) is 5.56 Å². The van der Waals surface area contributed by atoms with Crippen molar-refractivity contribution in [3.05, 3.63) is 17.0 Å². The normalized spacial score (nSPS) is 23.6. The third-order valence-electron chi connectivity index (χ3n) is 4.76. The van der Waals surface area contributed by atoms with E-state index in [-0.39, 0.29) is 43.5 Å². The van der Waals surface area contributed by atoms with Gasteiger partial charge in [0.05, 0.1) is 12.3 Å². The number of halogens is 5. The van der Waals surface area contributed by atoms with Gasteiger partial charge in [-0.1, -0.05) is 0 Å². The Morgan fingerprint density at radius 1 is 1.32 bits per heavy atom. The van der Waals surface area contributed by atoms with Crippen molar-refractivity contribution in [3.8, 4) is 0 Å². The molecule has 3 rings (SSSR count). The number of hydrogen-bond acceptors (Lipinski definition) is 3. The fraction of sp³-hybridized carbons (Fsp3) is 0.750. The lowest BCUT2D eigenvalue weighted by molar-refractivity contribution is -0.138. The van der Waals surface area contributed by atoms with Crippen LogP contribution in [0.1, 0.15) is 60.3 Å². The Labute approximate surface area is 141 Å². The molecule has 0 N–H and O–H groups in total. The number of ether oxygens (including phenoxy) is 1. The van der Waals surface area contributed by atoms with E-state index in [0.717, 1.165) is 4.68 Å². The van der Waals surface area contributed by atoms with Gasteiger partial charge in [-0.15, -0.1) is 0 Å². The zero-order valence-electron chi connectivity index (χ0n) is 13.7. The highest BCUT2D eigenvalue weighted by Crippen LogP contribution is 2.47. The Balaban J connectivity index is 1.92. The van der Waals surface area contributed by atoms with E-state index in [1.807, 2.05) is 0 Å². The van der Waals surface area contributed by atoms with Crippen molar-refractivity contribution in [1.29, 1.82) is 0 Å². The molecule has 0 unspecified atom stereocenters. The van der Waals surface area contributed by atoms with Gasteiger partial charge in [0, 0.05) is 18.4 Å². The standard InChI is InChI=1S/C16H19F5N2O2/c1-2-25-15(24)13-11(16(19,20)21)12(9-3-4-9)22-23(13)7-8-5-10(6-8)14(17)18/h8-10,14H,2-7H2,1H3. The molecule has 1 aromatic heterocycles. The highest BCUT2D eigenvalue weighted by Gasteiger charge is 2.47. The van der Waals surface area contributed by atoms with Crippen LogP contribution in [0.3, 0.4) is 0 Å². The summed E-state index contributed by atoms with van der Waals surface area (Å²) in [6.45, 7) is 1.47. The van der Waals surface area contributed by atoms with Gasteiger partial charge in [-0.25, -0.2) is 13.6 Å². The maximum absolute atomic E-state index is 13.6. The molecule has 0 spiro atoms. The second kappa shape index (κ2) is 6.57. The minimum absolute atomic E-state index is 0.0210. The minimum atomic E-state index is -4.72. The highest BCUT2D eigenvalue weighted by molar-refractivity contribution is 5.90. The number of carbonyl (C=O) groups is 1. The fourth-order valence-electron chi connectivity index (χ4n) is 3.33. The third-order valence-corrected chi connectivity index (χ3v) is 4.76. The molecule has 2 saturated carbocycles. The van der Waals surface area contributed by atoms with Crippen molar-refractivity contribution in [1.82, 2.24) is 9.78 Å². The molecule has 0 saturated heterocycles. The molecule has 1 heterocycles. The molecule has 140 valence electrons. The van der Waals surface area contributed by atoms with Crippen LogP contribution in [-0.2, 0) is 17.5 Å². The van der Waals surface area contributed by atoms with Crippen LogP contribution in [0.2, 0.25) is 0 Å². The highest BCUT2D eigenvalue weighted by atomic mass is 19.4. The van der Waals surface area contributed by atoms with Gasteiger partial charge in [0.2, 0.25) is 6.43 Å². The largest absolute Gasteiger partial charge is 0.461 e. The van der Waals surface area contributed by atoms with Crippen LogP contribution < -0.4 is 0 Å². The van der Waals surface area contributed by atoms with E-state index in [9.17, 15) is 26.7 Å². The van der Waals surface area contributed by atoms with Crippen molar-refractivity contribution < 1.29 is 31.5 Å². The van der Waals surface area contributed by atoms with Crippen LogP contribution in [0.15, 0.2) is 0 Å². The lowest BCUT2D eigenvalue weighted by Crippen LogP contribution is -2.33. The van der Waals surface area contributed by atoms with Gasteiger partial charge in [0.15, 0.2) is 5.69 Å². The van der Waals surface area contributed by atoms with Crippen LogP contribution in [0, 0.1) is 11.8 Å². The van der Waals surface area contributed by atoms with E-state index in [4.69, 9.17) is 4.74 Å². The number of rotatable bonds is 6. The van der Waals surface area contributed by atoms with Crippen molar-refractivity contribution in [2.45, 2.75) is 57.7 Å². The first kappa shape index (κ1) is 18.1. The summed E-state index contributed by atoms with van der Waals surface area (Å²) in [6.07, 6.45) is -5.51. The van der Waals surface area contributed by atoms with Crippen molar-refractivity contribution in [2.75, 3.05) is 6.61 Å². The summed E-state index contributed by atoms with van der Waals surface area (Å²) in [6, 6.07) is 0. The lowest BCUT2D eigenvalue weighted by atomic mass is 9.75. The number of carbonyl (C=O) groups excluding carboxylic acids is 1. The predicted molar refractivity (Wildman–Crippen MR) is 77.4 cm³/mol. The first-order valence-electron chi connectivity index (χ1n) is 8.35. The maximum Gasteiger partial charge on any atom is 0.420 e. The summed E-state index contributed by atoms with van der Waals surface area (Å²) < 4.78 is 71.7. The second-order valence-corrected chi connectivity index (χ2v) is 6.72. The molecule has 4 nitrogen and oxygen atoms in total. The number of esters is 1. The number of aromatic nitrogens is 2. The molecule has 9 heteroatoms. The lowest BCUT2D eigenvalue weighted by Gasteiger charge is -2.34. The maximum atomic E-state index is 13.6. The summed E-state index contributed by atoms with van der Waals surface area (Å²) >= 11 is 0. The number of alkyl halides is 5. The van der Waals surface area contributed by atoms with Gasteiger partial charge >= 0.3 is 12.1 Å². The Kier molecular flexibility index (Phi) is 4.76. The second-order valence-electron chi connectivity index (χ2n) is 6.72. The molecule has 0 bridgehead atoms. The molecule has 0 amide bonds. The van der Waals surface area contributed by atoms with E-state index in [1.165, 1.54) is 6.92 Å². The fourth-order valence-corrected chi connectivity index (χ4v) is 3.33. The molecule has 2 fully saturated rings. The third kappa shape index (κ3) is 3.64. The van der Waals surface area contributed by atoms with E-state index in [2.05, 4.69) is 5.10 Å². The molecular weight excluding hydrogens is 347 g/mol. The number of hydrogen-bond donors (Lipinski definition) is 0. The van der Waals surface area contributed by atoms with Crippen LogP contribution >= 0.6 is 0 Å². The van der Waals surface area contributed by atoms with Crippen molar-refractivity contribution >= 4 is 5.97 Å². The monoisotopic (exact) mass is 366 g/mol. The van der Waals surface area contributed by atoms with E-state index < -0.39 is 35.7 Å². The molecule has 0 aromatic carbocycles. The molecule has 0 aliphatic heterocycles. The molecular formula is C16H19F5N2O2. The summed E-state index contributed by atoms with van der Waals surface area (Å²) in [5.74, 6) is -2.31. The molecule has 25 heavy (non-hydrogen) atoms. The molecule has 0 atom stereocenters. The summed E-state index contributed by atoms with van der Waals surface area (Å²) in [5.41, 5.74) is -1.75. The van der Waals surface area contributed by atoms with Gasteiger partial charge in [-0.2, -0.15) is 18.3 Å². The Morgan fingerprint density at radius 3 is 2.44 bits per heavy atom. The van der Waals surface area contributed by atoms with E-state index in [1.54, 1.807) is 0 Å². The molecule has 2 aliphatic rings. The van der Waals surface area contributed by atoms with Crippen LogP contribution in [0.25, 0.3) is 0 Å². The van der Waals surface area contributed by atoms with Gasteiger partial charge in [-0.05, 0) is 38.5 Å². The zero-order chi connectivity index (χ0) is 18.4. The first-order valence-corrected chi connectivity index (χ1v) is 8.35. The average molecular weight is 366 g/mol. The molecule has 0 radical (unpaired) electrons. The molecule has 2 aliphatic carbocycles. The minimum Gasteiger partial charge on any atom is -0.461 e. The van der Waals surface area contributed by atoms with Gasteiger partial charge in [0.25, 0.3) is 0 Å². The molecule has 1 aromatic rings. The predicted octanol–water partition coefficient (Wildman–Crippen LogP) is 4.25. The quantitative estimate of drug-likeness (QED) is 0.559. The topological polar surface area (TPSA) is 44.1 Å². The Morgan fingerprint density at radius 2 is 1.96 bits per heavy atom. The van der Waals surface area contributed by atoms with Crippen molar-refractivity contribution in [3.63, 3.8) is 0 Å². The van der Waals surface area contributed by atoms with E-state index >= 15 is 0 Å². The van der Waals surface area contributed by atoms with Crippen LogP contribution in [0.4, 0.5) is 22.0 Å². The SMILES string of the molecule is CCOC(=O)c1c(C(F)(F)F)c(C2CC2)nn1CC1CC(C(F)F)C1. The first-order chi connectivity index (χ1) is 11.7. The summed E-state index contributed by atoms with van der Waals surface area (Å²) in [5, 5.41) is 4.04.